The van der Waals surface area contributed by atoms with Crippen molar-refractivity contribution in [3.63, 3.8) is 0 Å². The van der Waals surface area contributed by atoms with E-state index < -0.39 is 5.82 Å². The third kappa shape index (κ3) is 3.08. The summed E-state index contributed by atoms with van der Waals surface area (Å²) >= 11 is 0. The van der Waals surface area contributed by atoms with Gasteiger partial charge in [0.25, 0.3) is 0 Å². The fourth-order valence-corrected chi connectivity index (χ4v) is 2.32. The van der Waals surface area contributed by atoms with Gasteiger partial charge in [-0.25, -0.2) is 14.4 Å². The van der Waals surface area contributed by atoms with Gasteiger partial charge >= 0.3 is 0 Å². The number of pyridine rings is 2. The third-order valence-electron chi connectivity index (χ3n) is 3.52. The van der Waals surface area contributed by atoms with Gasteiger partial charge in [-0.05, 0) is 31.2 Å². The third-order valence-corrected chi connectivity index (χ3v) is 3.52. The summed E-state index contributed by atoms with van der Waals surface area (Å²) in [5.41, 5.74) is 2.56. The van der Waals surface area contributed by atoms with Crippen LogP contribution in [-0.4, -0.2) is 16.7 Å². The van der Waals surface area contributed by atoms with E-state index in [1.807, 2.05) is 19.1 Å². The predicted octanol–water partition coefficient (Wildman–Crippen LogP) is 4.39. The topological polar surface area (TPSA) is 53.4 Å². The Morgan fingerprint density at radius 2 is 2.08 bits per heavy atom. The Bertz CT molecular complexity index is 914. The highest BCUT2D eigenvalue weighted by Crippen LogP contribution is 2.25. The maximum atomic E-state index is 14.3. The lowest BCUT2D eigenvalue weighted by atomic mass is 10.2. The number of fused-ring (bicyclic) bond motifs is 1. The van der Waals surface area contributed by atoms with Crippen molar-refractivity contribution < 1.29 is 4.39 Å². The van der Waals surface area contributed by atoms with Gasteiger partial charge in [0.1, 0.15) is 11.6 Å². The number of hydrazone groups is 1. The molecule has 6 heteroatoms. The van der Waals surface area contributed by atoms with Crippen molar-refractivity contribution in [1.29, 1.82) is 0 Å². The molecule has 0 aliphatic carbocycles. The number of halogens is 1. The summed E-state index contributed by atoms with van der Waals surface area (Å²) < 4.78 is 14.3. The number of aryl methyl sites for hydroxylation is 1. The van der Waals surface area contributed by atoms with E-state index in [9.17, 15) is 4.39 Å². The number of nitrogens with one attached hydrogen (secondary N) is 1. The zero-order valence-corrected chi connectivity index (χ0v) is 13.2. The van der Waals surface area contributed by atoms with Crippen LogP contribution >= 0.6 is 0 Å². The van der Waals surface area contributed by atoms with E-state index in [4.69, 9.17) is 0 Å². The van der Waals surface area contributed by atoms with Gasteiger partial charge in [-0.3, -0.25) is 4.98 Å². The summed E-state index contributed by atoms with van der Waals surface area (Å²) in [4.78, 5) is 8.74. The minimum atomic E-state index is -0.429. The zero-order valence-electron chi connectivity index (χ0n) is 13.2. The molecule has 0 bridgehead atoms. The minimum Gasteiger partial charge on any atom is -0.338 e. The molecule has 120 valence electrons. The molecule has 3 rings (SSSR count). The van der Waals surface area contributed by atoms with Gasteiger partial charge in [0.15, 0.2) is 0 Å². The van der Waals surface area contributed by atoms with Crippen molar-refractivity contribution in [3.05, 3.63) is 66.9 Å². The van der Waals surface area contributed by atoms with Crippen molar-refractivity contribution in [2.45, 2.75) is 6.92 Å². The Morgan fingerprint density at radius 1 is 1.25 bits per heavy atom. The summed E-state index contributed by atoms with van der Waals surface area (Å²) in [7, 11) is 0. The first-order valence-electron chi connectivity index (χ1n) is 7.29. The van der Waals surface area contributed by atoms with Crippen LogP contribution in [0.1, 0.15) is 5.69 Å². The average Bonchev–Trinajstić information content (AvgIpc) is 2.58. The summed E-state index contributed by atoms with van der Waals surface area (Å²) in [6.07, 6.45) is 3.16. The molecule has 24 heavy (non-hydrogen) atoms. The van der Waals surface area contributed by atoms with E-state index in [1.165, 1.54) is 17.3 Å². The van der Waals surface area contributed by atoms with Crippen LogP contribution < -0.4 is 10.3 Å². The Labute approximate surface area is 139 Å². The number of hydrogen-bond acceptors (Lipinski definition) is 5. The van der Waals surface area contributed by atoms with Crippen LogP contribution in [0.2, 0.25) is 0 Å². The van der Waals surface area contributed by atoms with E-state index >= 15 is 0 Å². The molecule has 2 aromatic heterocycles. The minimum absolute atomic E-state index is 0.311. The van der Waals surface area contributed by atoms with Gasteiger partial charge in [-0.2, -0.15) is 5.10 Å². The second-order valence-corrected chi connectivity index (χ2v) is 5.17. The van der Waals surface area contributed by atoms with E-state index in [0.29, 0.717) is 17.2 Å². The van der Waals surface area contributed by atoms with E-state index in [1.54, 1.807) is 24.4 Å². The molecule has 5 nitrogen and oxygen atoms in total. The fourth-order valence-electron chi connectivity index (χ4n) is 2.32. The van der Waals surface area contributed by atoms with Crippen LogP contribution in [0.5, 0.6) is 0 Å². The molecule has 0 unspecified atom stereocenters. The monoisotopic (exact) mass is 321 g/mol. The number of benzene rings is 1. The van der Waals surface area contributed by atoms with Crippen molar-refractivity contribution >= 4 is 34.8 Å². The first-order chi connectivity index (χ1) is 11.6. The van der Waals surface area contributed by atoms with E-state index in [-0.39, 0.29) is 0 Å². The number of aromatic nitrogens is 2. The molecular weight excluding hydrogens is 305 g/mol. The lowest BCUT2D eigenvalue weighted by molar-refractivity contribution is 0.631. The fraction of sp³-hybridized carbons (Fsp3) is 0.0556. The Balaban J connectivity index is 1.90. The van der Waals surface area contributed by atoms with Crippen LogP contribution in [0.15, 0.2) is 60.5 Å². The highest BCUT2D eigenvalue weighted by molar-refractivity contribution is 5.81. The second-order valence-electron chi connectivity index (χ2n) is 5.17. The van der Waals surface area contributed by atoms with Gasteiger partial charge in [-0.1, -0.05) is 6.58 Å². The van der Waals surface area contributed by atoms with Crippen LogP contribution in [0.25, 0.3) is 10.9 Å². The molecule has 0 atom stereocenters. The van der Waals surface area contributed by atoms with E-state index in [0.717, 1.165) is 16.6 Å². The predicted molar refractivity (Wildman–Crippen MR) is 96.2 cm³/mol. The summed E-state index contributed by atoms with van der Waals surface area (Å²) in [5, 5.41) is 9.01. The number of nitrogens with zero attached hydrogens (tertiary/aromatic N) is 4. The molecule has 0 fully saturated rings. The summed E-state index contributed by atoms with van der Waals surface area (Å²) in [6, 6.07) is 10.3. The smallest absolute Gasteiger partial charge is 0.148 e. The lowest BCUT2D eigenvalue weighted by Gasteiger charge is -2.14. The molecule has 0 radical (unpaired) electrons. The first-order valence-corrected chi connectivity index (χ1v) is 7.29. The number of anilines is 3. The highest BCUT2D eigenvalue weighted by Gasteiger charge is 2.08. The van der Waals surface area contributed by atoms with Gasteiger partial charge in [-0.15, -0.1) is 0 Å². The summed E-state index contributed by atoms with van der Waals surface area (Å²) in [6.45, 7) is 8.94. The largest absolute Gasteiger partial charge is 0.338 e. The molecular formula is C18H16FN5. The van der Waals surface area contributed by atoms with Crippen LogP contribution in [-0.2, 0) is 0 Å². The van der Waals surface area contributed by atoms with Gasteiger partial charge < -0.3 is 5.32 Å². The molecule has 0 aliphatic heterocycles. The maximum Gasteiger partial charge on any atom is 0.148 e. The van der Waals surface area contributed by atoms with Crippen LogP contribution in [0.4, 0.5) is 21.6 Å². The zero-order chi connectivity index (χ0) is 17.1. The molecule has 1 N–H and O–H groups in total. The quantitative estimate of drug-likeness (QED) is 0.559. The molecule has 0 aliphatic rings. The van der Waals surface area contributed by atoms with Crippen molar-refractivity contribution in [1.82, 2.24) is 9.97 Å². The normalized spacial score (nSPS) is 10.4. The van der Waals surface area contributed by atoms with Crippen LogP contribution in [0, 0.1) is 12.7 Å². The first kappa shape index (κ1) is 15.6. The van der Waals surface area contributed by atoms with Crippen molar-refractivity contribution in [3.8, 4) is 0 Å². The standard InChI is InChI=1S/C18H16FN5/c1-4-24(20-3)14-7-8-16(15(19)9-14)23-18-10-17-13(11-21-18)6-5-12(2)22-17/h4-11H,1,3H2,2H3,(H,21,23). The Kier molecular flexibility index (Phi) is 4.20. The Hall–Kier alpha value is -3.28. The number of rotatable bonds is 5. The number of hydrogen-bond donors (Lipinski definition) is 1. The molecule has 2 heterocycles. The molecule has 0 saturated heterocycles. The van der Waals surface area contributed by atoms with E-state index in [2.05, 4.69) is 33.7 Å². The van der Waals surface area contributed by atoms with Gasteiger partial charge in [0, 0.05) is 42.3 Å². The van der Waals surface area contributed by atoms with Gasteiger partial charge in [0.2, 0.25) is 0 Å². The lowest BCUT2D eigenvalue weighted by Crippen LogP contribution is -2.06. The van der Waals surface area contributed by atoms with Gasteiger partial charge in [0.05, 0.1) is 16.9 Å². The van der Waals surface area contributed by atoms with Crippen molar-refractivity contribution in [2.75, 3.05) is 10.3 Å². The maximum absolute atomic E-state index is 14.3. The second kappa shape index (κ2) is 6.45. The molecule has 0 spiro atoms. The average molecular weight is 321 g/mol. The summed E-state index contributed by atoms with van der Waals surface area (Å²) in [5.74, 6) is 0.0942. The highest BCUT2D eigenvalue weighted by atomic mass is 19.1. The Morgan fingerprint density at radius 3 is 2.79 bits per heavy atom. The SMILES string of the molecule is C=CN(N=C)c1ccc(Nc2cc3nc(C)ccc3cn2)c(F)c1. The molecule has 0 amide bonds. The molecule has 1 aromatic carbocycles. The van der Waals surface area contributed by atoms with Crippen molar-refractivity contribution in [2.24, 2.45) is 5.10 Å². The molecule has 3 aromatic rings. The van der Waals surface area contributed by atoms with Crippen LogP contribution in [0.3, 0.4) is 0 Å². The molecule has 0 saturated carbocycles.